The van der Waals surface area contributed by atoms with Crippen LogP contribution in [0.4, 0.5) is 0 Å². The van der Waals surface area contributed by atoms with Crippen molar-refractivity contribution in [2.24, 2.45) is 0 Å². The molecule has 1 aromatic heterocycles. The summed E-state index contributed by atoms with van der Waals surface area (Å²) in [5, 5.41) is 0.604. The third kappa shape index (κ3) is 4.90. The second kappa shape index (κ2) is 8.60. The van der Waals surface area contributed by atoms with Crippen LogP contribution in [0, 0.1) is 0 Å². The van der Waals surface area contributed by atoms with Crippen molar-refractivity contribution >= 4 is 23.3 Å². The highest BCUT2D eigenvalue weighted by molar-refractivity contribution is 6.30. The maximum atomic E-state index is 12.3. The number of hydrogen-bond donors (Lipinski definition) is 0. The van der Waals surface area contributed by atoms with Gasteiger partial charge in [0.1, 0.15) is 0 Å². The minimum absolute atomic E-state index is 0.0112. The zero-order chi connectivity index (χ0) is 17.5. The Kier molecular flexibility index (Phi) is 6.50. The molecule has 0 spiro atoms. The number of Topliss-reactive ketones (excluding diaryl/α,β-unsaturated/α-hetero) is 1. The number of halogens is 1. The van der Waals surface area contributed by atoms with Gasteiger partial charge >= 0.3 is 0 Å². The van der Waals surface area contributed by atoms with Crippen LogP contribution in [-0.4, -0.2) is 28.6 Å². The number of nitrogens with zero attached hydrogens (tertiary/aromatic N) is 2. The zero-order valence-electron chi connectivity index (χ0n) is 13.9. The minimum atomic E-state index is -0.0920. The lowest BCUT2D eigenvalue weighted by Crippen LogP contribution is -2.30. The van der Waals surface area contributed by atoms with Crippen LogP contribution < -0.4 is 0 Å². The van der Waals surface area contributed by atoms with Gasteiger partial charge in [-0.1, -0.05) is 17.7 Å². The molecule has 1 atom stereocenters. The summed E-state index contributed by atoms with van der Waals surface area (Å²) in [6, 6.07) is 12.4. The monoisotopic (exact) mass is 344 g/mol. The van der Waals surface area contributed by atoms with Crippen LogP contribution in [0.3, 0.4) is 0 Å². The molecule has 0 unspecified atom stereocenters. The Labute approximate surface area is 147 Å². The Morgan fingerprint density at radius 3 is 2.46 bits per heavy atom. The van der Waals surface area contributed by atoms with E-state index in [1.54, 1.807) is 42.4 Å². The smallest absolute Gasteiger partial charge is 0.222 e. The molecular formula is C19H21ClN2O2. The van der Waals surface area contributed by atoms with E-state index in [-0.39, 0.29) is 17.7 Å². The van der Waals surface area contributed by atoms with Crippen molar-refractivity contribution < 1.29 is 9.59 Å². The molecule has 1 aromatic carbocycles. The second-order valence-corrected chi connectivity index (χ2v) is 6.16. The lowest BCUT2D eigenvalue weighted by atomic mass is 10.0. The molecule has 0 saturated carbocycles. The Hall–Kier alpha value is -2.20. The van der Waals surface area contributed by atoms with Crippen molar-refractivity contribution in [3.8, 4) is 0 Å². The number of hydrogen-bond acceptors (Lipinski definition) is 3. The molecule has 24 heavy (non-hydrogen) atoms. The maximum absolute atomic E-state index is 12.3. The topological polar surface area (TPSA) is 50.3 Å². The Balaban J connectivity index is 1.82. The van der Waals surface area contributed by atoms with Crippen molar-refractivity contribution in [2.75, 3.05) is 7.05 Å². The van der Waals surface area contributed by atoms with E-state index in [1.807, 2.05) is 25.1 Å². The van der Waals surface area contributed by atoms with E-state index in [2.05, 4.69) is 4.98 Å². The number of ketones is 1. The zero-order valence-corrected chi connectivity index (χ0v) is 14.7. The molecule has 0 radical (unpaired) electrons. The highest BCUT2D eigenvalue weighted by Gasteiger charge is 2.18. The van der Waals surface area contributed by atoms with Crippen molar-refractivity contribution in [2.45, 2.75) is 32.2 Å². The van der Waals surface area contributed by atoms with Gasteiger partial charge in [-0.25, -0.2) is 0 Å². The van der Waals surface area contributed by atoms with Crippen LogP contribution in [0.1, 0.15) is 48.3 Å². The van der Waals surface area contributed by atoms with Gasteiger partial charge in [0, 0.05) is 36.7 Å². The van der Waals surface area contributed by atoms with Gasteiger partial charge in [-0.15, -0.1) is 0 Å². The summed E-state index contributed by atoms with van der Waals surface area (Å²) in [5.41, 5.74) is 1.48. The van der Waals surface area contributed by atoms with Crippen molar-refractivity contribution in [3.05, 3.63) is 64.9 Å². The lowest BCUT2D eigenvalue weighted by molar-refractivity contribution is -0.131. The first kappa shape index (κ1) is 18.1. The minimum Gasteiger partial charge on any atom is -0.337 e. The fourth-order valence-electron chi connectivity index (χ4n) is 2.39. The first-order valence-corrected chi connectivity index (χ1v) is 8.32. The summed E-state index contributed by atoms with van der Waals surface area (Å²) in [4.78, 5) is 30.3. The summed E-state index contributed by atoms with van der Waals surface area (Å²) in [5.74, 6) is 0.0388. The van der Waals surface area contributed by atoms with Crippen LogP contribution in [0.5, 0.6) is 0 Å². The SMILES string of the molecule is C[C@@H](c1ccccn1)N(C)C(=O)CCCC(=O)c1ccc(Cl)cc1. The summed E-state index contributed by atoms with van der Waals surface area (Å²) < 4.78 is 0. The molecule has 1 amide bonds. The van der Waals surface area contributed by atoms with Gasteiger partial charge < -0.3 is 4.90 Å². The molecule has 4 nitrogen and oxygen atoms in total. The Bertz CT molecular complexity index is 686. The number of pyridine rings is 1. The predicted molar refractivity (Wildman–Crippen MR) is 95.1 cm³/mol. The standard InChI is InChI=1S/C19H21ClN2O2/c1-14(17-6-3-4-13-21-17)22(2)19(24)8-5-7-18(23)15-9-11-16(20)12-10-15/h3-4,6,9-14H,5,7-8H2,1-2H3/t14-/m0/s1. The second-order valence-electron chi connectivity index (χ2n) is 5.72. The molecule has 2 rings (SSSR count). The molecule has 0 bridgehead atoms. The average Bonchev–Trinajstić information content (AvgIpc) is 2.61. The summed E-state index contributed by atoms with van der Waals surface area (Å²) >= 11 is 5.81. The normalized spacial score (nSPS) is 11.8. The van der Waals surface area contributed by atoms with E-state index in [1.165, 1.54) is 0 Å². The number of amides is 1. The number of aromatic nitrogens is 1. The van der Waals surface area contributed by atoms with E-state index < -0.39 is 0 Å². The molecule has 1 heterocycles. The molecule has 0 aliphatic heterocycles. The molecule has 0 saturated heterocycles. The van der Waals surface area contributed by atoms with Crippen LogP contribution in [0.15, 0.2) is 48.7 Å². The van der Waals surface area contributed by atoms with Crippen molar-refractivity contribution in [1.29, 1.82) is 0 Å². The first-order chi connectivity index (χ1) is 11.5. The van der Waals surface area contributed by atoms with E-state index >= 15 is 0 Å². The van der Waals surface area contributed by atoms with Crippen LogP contribution >= 0.6 is 11.6 Å². The lowest BCUT2D eigenvalue weighted by Gasteiger charge is -2.24. The number of carbonyl (C=O) groups excluding carboxylic acids is 2. The Morgan fingerprint density at radius 2 is 1.83 bits per heavy atom. The predicted octanol–water partition coefficient (Wildman–Crippen LogP) is 4.31. The van der Waals surface area contributed by atoms with Crippen LogP contribution in [-0.2, 0) is 4.79 Å². The quantitative estimate of drug-likeness (QED) is 0.703. The molecule has 5 heteroatoms. The average molecular weight is 345 g/mol. The number of carbonyl (C=O) groups is 2. The molecule has 0 aliphatic carbocycles. The van der Waals surface area contributed by atoms with Gasteiger partial charge in [-0.2, -0.15) is 0 Å². The van der Waals surface area contributed by atoms with Gasteiger partial charge in [0.05, 0.1) is 11.7 Å². The molecule has 0 aliphatic rings. The Morgan fingerprint density at radius 1 is 1.12 bits per heavy atom. The van der Waals surface area contributed by atoms with Gasteiger partial charge in [-0.05, 0) is 49.7 Å². The fourth-order valence-corrected chi connectivity index (χ4v) is 2.52. The molecule has 0 fully saturated rings. The first-order valence-electron chi connectivity index (χ1n) is 7.94. The third-order valence-corrected chi connectivity index (χ3v) is 4.30. The molecule has 126 valence electrons. The highest BCUT2D eigenvalue weighted by Crippen LogP contribution is 2.18. The van der Waals surface area contributed by atoms with Crippen molar-refractivity contribution in [1.82, 2.24) is 9.88 Å². The van der Waals surface area contributed by atoms with E-state index in [4.69, 9.17) is 11.6 Å². The van der Waals surface area contributed by atoms with E-state index in [0.717, 1.165) is 5.69 Å². The van der Waals surface area contributed by atoms with Gasteiger partial charge in [0.15, 0.2) is 5.78 Å². The summed E-state index contributed by atoms with van der Waals surface area (Å²) in [6.45, 7) is 1.94. The number of benzene rings is 1. The maximum Gasteiger partial charge on any atom is 0.222 e. The molecule has 2 aromatic rings. The molecular weight excluding hydrogens is 324 g/mol. The summed E-state index contributed by atoms with van der Waals surface area (Å²) in [6.07, 6.45) is 2.93. The fraction of sp³-hybridized carbons (Fsp3) is 0.316. The van der Waals surface area contributed by atoms with Gasteiger partial charge in [0.2, 0.25) is 5.91 Å². The largest absolute Gasteiger partial charge is 0.337 e. The molecule has 0 N–H and O–H groups in total. The van der Waals surface area contributed by atoms with E-state index in [9.17, 15) is 9.59 Å². The van der Waals surface area contributed by atoms with Crippen LogP contribution in [0.2, 0.25) is 5.02 Å². The summed E-state index contributed by atoms with van der Waals surface area (Å²) in [7, 11) is 1.77. The van der Waals surface area contributed by atoms with Crippen molar-refractivity contribution in [3.63, 3.8) is 0 Å². The van der Waals surface area contributed by atoms with Gasteiger partial charge in [0.25, 0.3) is 0 Å². The van der Waals surface area contributed by atoms with Crippen LogP contribution in [0.25, 0.3) is 0 Å². The highest BCUT2D eigenvalue weighted by atomic mass is 35.5. The third-order valence-electron chi connectivity index (χ3n) is 4.05. The number of rotatable bonds is 7. The van der Waals surface area contributed by atoms with E-state index in [0.29, 0.717) is 29.8 Å². The van der Waals surface area contributed by atoms with Gasteiger partial charge in [-0.3, -0.25) is 14.6 Å².